The van der Waals surface area contributed by atoms with E-state index in [0.29, 0.717) is 12.3 Å². The molecule has 2 aromatic rings. The molecule has 1 atom stereocenters. The van der Waals surface area contributed by atoms with E-state index in [9.17, 15) is 4.79 Å². The highest BCUT2D eigenvalue weighted by atomic mass is 16.4. The Hall–Kier alpha value is -2.04. The van der Waals surface area contributed by atoms with Gasteiger partial charge < -0.3 is 14.8 Å². The Morgan fingerprint density at radius 3 is 3.00 bits per heavy atom. The van der Waals surface area contributed by atoms with Gasteiger partial charge in [-0.15, -0.1) is 0 Å². The fourth-order valence-electron chi connectivity index (χ4n) is 2.08. The molecule has 1 saturated carbocycles. The van der Waals surface area contributed by atoms with Gasteiger partial charge in [0.05, 0.1) is 0 Å². The first kappa shape index (κ1) is 12.0. The first-order valence-corrected chi connectivity index (χ1v) is 6.57. The number of carbonyl (C=O) groups is 1. The summed E-state index contributed by atoms with van der Waals surface area (Å²) in [6.45, 7) is 1.84. The molecule has 1 heterocycles. The van der Waals surface area contributed by atoms with Gasteiger partial charge in [0.1, 0.15) is 11.6 Å². The molecule has 0 amide bonds. The smallest absolute Gasteiger partial charge is 0.326 e. The van der Waals surface area contributed by atoms with E-state index in [2.05, 4.69) is 10.3 Å². The average Bonchev–Trinajstić information content (AvgIpc) is 3.15. The molecule has 0 radical (unpaired) electrons. The number of aliphatic carboxylic acids is 1. The molecule has 5 heteroatoms. The number of carboxylic acids is 1. The fraction of sp³-hybridized carbons (Fsp3) is 0.429. The number of nitrogens with one attached hydrogen (secondary N) is 1. The zero-order valence-corrected chi connectivity index (χ0v) is 10.7. The van der Waals surface area contributed by atoms with E-state index in [-0.39, 0.29) is 0 Å². The number of carboxylic acid groups (broad SMARTS) is 1. The van der Waals surface area contributed by atoms with Crippen molar-refractivity contribution < 1.29 is 14.3 Å². The molecule has 0 bridgehead atoms. The van der Waals surface area contributed by atoms with Gasteiger partial charge in [0, 0.05) is 11.6 Å². The number of nitrogens with zero attached hydrogens (tertiary/aromatic N) is 1. The SMILES string of the molecule is CCC(Nc1ccc2oc(C3CC3)nc2c1)C(=O)O. The van der Waals surface area contributed by atoms with Crippen LogP contribution in [0, 0.1) is 0 Å². The van der Waals surface area contributed by atoms with Gasteiger partial charge in [0.2, 0.25) is 0 Å². The van der Waals surface area contributed by atoms with Gasteiger partial charge in [-0.3, -0.25) is 0 Å². The van der Waals surface area contributed by atoms with Crippen LogP contribution in [-0.2, 0) is 4.79 Å². The second-order valence-corrected chi connectivity index (χ2v) is 4.95. The number of hydrogen-bond acceptors (Lipinski definition) is 4. The Morgan fingerprint density at radius 2 is 2.37 bits per heavy atom. The van der Waals surface area contributed by atoms with E-state index >= 15 is 0 Å². The minimum atomic E-state index is -0.846. The fourth-order valence-corrected chi connectivity index (χ4v) is 2.08. The molecule has 100 valence electrons. The summed E-state index contributed by atoms with van der Waals surface area (Å²) in [7, 11) is 0. The maximum absolute atomic E-state index is 11.0. The topological polar surface area (TPSA) is 75.4 Å². The second-order valence-electron chi connectivity index (χ2n) is 4.95. The van der Waals surface area contributed by atoms with Crippen molar-refractivity contribution in [2.75, 3.05) is 5.32 Å². The van der Waals surface area contributed by atoms with Gasteiger partial charge >= 0.3 is 5.97 Å². The summed E-state index contributed by atoms with van der Waals surface area (Å²) in [5, 5.41) is 12.0. The molecule has 0 aliphatic heterocycles. The molecule has 5 nitrogen and oxygen atoms in total. The molecule has 1 aliphatic carbocycles. The van der Waals surface area contributed by atoms with Crippen molar-refractivity contribution in [3.05, 3.63) is 24.1 Å². The van der Waals surface area contributed by atoms with Gasteiger partial charge in [-0.05, 0) is 37.5 Å². The van der Waals surface area contributed by atoms with Crippen molar-refractivity contribution in [2.45, 2.75) is 38.1 Å². The van der Waals surface area contributed by atoms with Gasteiger partial charge in [-0.1, -0.05) is 6.92 Å². The standard InChI is InChI=1S/C14H16N2O3/c1-2-10(14(17)18)15-9-5-6-12-11(7-9)16-13(19-12)8-3-4-8/h5-8,10,15H,2-4H2,1H3,(H,17,18). The third-order valence-corrected chi connectivity index (χ3v) is 3.38. The highest BCUT2D eigenvalue weighted by Gasteiger charge is 2.28. The molecule has 0 spiro atoms. The van der Waals surface area contributed by atoms with Gasteiger partial charge in [-0.2, -0.15) is 0 Å². The molecule has 1 unspecified atom stereocenters. The van der Waals surface area contributed by atoms with Crippen molar-refractivity contribution >= 4 is 22.8 Å². The van der Waals surface area contributed by atoms with Crippen molar-refractivity contribution in [3.8, 4) is 0 Å². The third-order valence-electron chi connectivity index (χ3n) is 3.38. The molecule has 1 aromatic carbocycles. The highest BCUT2D eigenvalue weighted by molar-refractivity contribution is 5.81. The minimum absolute atomic E-state index is 0.478. The Bertz CT molecular complexity index is 616. The lowest BCUT2D eigenvalue weighted by Gasteiger charge is -2.13. The van der Waals surface area contributed by atoms with Crippen LogP contribution in [0.15, 0.2) is 22.6 Å². The summed E-state index contributed by atoms with van der Waals surface area (Å²) in [6, 6.07) is 4.93. The second kappa shape index (κ2) is 4.57. The third kappa shape index (κ3) is 2.41. The number of oxazole rings is 1. The number of aromatic nitrogens is 1. The van der Waals surface area contributed by atoms with E-state index in [1.807, 2.05) is 25.1 Å². The molecule has 2 N–H and O–H groups in total. The molecule has 1 fully saturated rings. The molecule has 1 aliphatic rings. The van der Waals surface area contributed by atoms with Crippen LogP contribution in [-0.4, -0.2) is 22.1 Å². The van der Waals surface area contributed by atoms with Crippen LogP contribution in [0.2, 0.25) is 0 Å². The van der Waals surface area contributed by atoms with Crippen molar-refractivity contribution in [2.24, 2.45) is 0 Å². The quantitative estimate of drug-likeness (QED) is 0.864. The Morgan fingerprint density at radius 1 is 1.58 bits per heavy atom. The van der Waals surface area contributed by atoms with Crippen LogP contribution < -0.4 is 5.32 Å². The molecule has 1 aromatic heterocycles. The molecule has 19 heavy (non-hydrogen) atoms. The monoisotopic (exact) mass is 260 g/mol. The first-order chi connectivity index (χ1) is 9.17. The Kier molecular flexibility index (Phi) is 2.89. The van der Waals surface area contributed by atoms with E-state index < -0.39 is 12.0 Å². The number of benzene rings is 1. The molecular formula is C14H16N2O3. The largest absolute Gasteiger partial charge is 0.480 e. The van der Waals surface area contributed by atoms with Crippen molar-refractivity contribution in [3.63, 3.8) is 0 Å². The summed E-state index contributed by atoms with van der Waals surface area (Å²) in [6.07, 6.45) is 2.82. The van der Waals surface area contributed by atoms with Crippen LogP contribution in [0.1, 0.15) is 38.0 Å². The van der Waals surface area contributed by atoms with Crippen LogP contribution in [0.3, 0.4) is 0 Å². The lowest BCUT2D eigenvalue weighted by atomic mass is 10.2. The zero-order chi connectivity index (χ0) is 13.4. The minimum Gasteiger partial charge on any atom is -0.480 e. The first-order valence-electron chi connectivity index (χ1n) is 6.57. The maximum Gasteiger partial charge on any atom is 0.326 e. The molecular weight excluding hydrogens is 244 g/mol. The van der Waals surface area contributed by atoms with Crippen LogP contribution >= 0.6 is 0 Å². The van der Waals surface area contributed by atoms with Crippen LogP contribution in [0.5, 0.6) is 0 Å². The summed E-state index contributed by atoms with van der Waals surface area (Å²) >= 11 is 0. The summed E-state index contributed by atoms with van der Waals surface area (Å²) < 4.78 is 5.67. The van der Waals surface area contributed by atoms with E-state index in [4.69, 9.17) is 9.52 Å². The zero-order valence-electron chi connectivity index (χ0n) is 10.7. The predicted molar refractivity (Wildman–Crippen MR) is 71.3 cm³/mol. The van der Waals surface area contributed by atoms with Gasteiger partial charge in [0.15, 0.2) is 11.5 Å². The Labute approximate surface area is 110 Å². The lowest BCUT2D eigenvalue weighted by molar-refractivity contribution is -0.137. The number of anilines is 1. The van der Waals surface area contributed by atoms with Crippen LogP contribution in [0.25, 0.3) is 11.1 Å². The molecule has 3 rings (SSSR count). The Balaban J connectivity index is 1.86. The normalized spacial score (nSPS) is 16.5. The summed E-state index contributed by atoms with van der Waals surface area (Å²) in [5.41, 5.74) is 2.31. The average molecular weight is 260 g/mol. The van der Waals surface area contributed by atoms with Crippen LogP contribution in [0.4, 0.5) is 5.69 Å². The summed E-state index contributed by atoms with van der Waals surface area (Å²) in [4.78, 5) is 15.5. The number of hydrogen-bond donors (Lipinski definition) is 2. The number of rotatable bonds is 5. The van der Waals surface area contributed by atoms with Crippen molar-refractivity contribution in [1.29, 1.82) is 0 Å². The highest BCUT2D eigenvalue weighted by Crippen LogP contribution is 2.40. The van der Waals surface area contributed by atoms with E-state index in [1.54, 1.807) is 0 Å². The van der Waals surface area contributed by atoms with E-state index in [0.717, 1.165) is 35.5 Å². The van der Waals surface area contributed by atoms with Crippen molar-refractivity contribution in [1.82, 2.24) is 4.98 Å². The molecule has 0 saturated heterocycles. The van der Waals surface area contributed by atoms with Gasteiger partial charge in [-0.25, -0.2) is 9.78 Å². The summed E-state index contributed by atoms with van der Waals surface area (Å²) in [5.74, 6) is 0.435. The van der Waals surface area contributed by atoms with Gasteiger partial charge in [0.25, 0.3) is 0 Å². The predicted octanol–water partition coefficient (Wildman–Crippen LogP) is 2.98. The number of fused-ring (bicyclic) bond motifs is 1. The lowest BCUT2D eigenvalue weighted by Crippen LogP contribution is -2.28. The van der Waals surface area contributed by atoms with E-state index in [1.165, 1.54) is 0 Å². The maximum atomic E-state index is 11.0.